The van der Waals surface area contributed by atoms with E-state index in [9.17, 15) is 19.5 Å². The molecule has 0 unspecified atom stereocenters. The van der Waals surface area contributed by atoms with Crippen LogP contribution in [0.1, 0.15) is 72.4 Å². The van der Waals surface area contributed by atoms with E-state index >= 15 is 0 Å². The van der Waals surface area contributed by atoms with Gasteiger partial charge in [0.25, 0.3) is 0 Å². The minimum Gasteiger partial charge on any atom is -0.497 e. The number of fused-ring (bicyclic) bond motifs is 3. The van der Waals surface area contributed by atoms with Gasteiger partial charge in [0.05, 0.1) is 25.2 Å². The van der Waals surface area contributed by atoms with E-state index in [-0.39, 0.29) is 36.3 Å². The molecule has 3 amide bonds. The highest BCUT2D eigenvalue weighted by molar-refractivity contribution is 6.03. The number of hydrogen-bond donors (Lipinski definition) is 3. The molecule has 1 fully saturated rings. The maximum atomic E-state index is 13.6. The monoisotopic (exact) mass is 723 g/mol. The molecule has 0 aromatic heterocycles. The lowest BCUT2D eigenvalue weighted by Gasteiger charge is -2.48. The molecule has 9 nitrogen and oxygen atoms in total. The zero-order chi connectivity index (χ0) is 37.4. The number of alkyl carbamates (subject to hydrolysis) is 1. The van der Waals surface area contributed by atoms with E-state index in [0.29, 0.717) is 44.3 Å². The Morgan fingerprint density at radius 1 is 0.796 bits per heavy atom. The minimum absolute atomic E-state index is 0.000410. The Hall–Kier alpha value is -5.93. The fourth-order valence-corrected chi connectivity index (χ4v) is 7.66. The molecule has 0 radical (unpaired) electrons. The van der Waals surface area contributed by atoms with Gasteiger partial charge in [-0.25, -0.2) is 4.79 Å². The smallest absolute Gasteiger partial charge is 0.407 e. The average Bonchev–Trinajstić information content (AvgIpc) is 3.53. The number of carbonyl (C=O) groups excluding carboxylic acids is 3. The lowest BCUT2D eigenvalue weighted by atomic mass is 9.78. The van der Waals surface area contributed by atoms with Gasteiger partial charge in [-0.15, -0.1) is 0 Å². The van der Waals surface area contributed by atoms with E-state index in [0.717, 1.165) is 22.6 Å². The van der Waals surface area contributed by atoms with Crippen molar-refractivity contribution >= 4 is 29.3 Å². The van der Waals surface area contributed by atoms with Gasteiger partial charge >= 0.3 is 6.09 Å². The van der Waals surface area contributed by atoms with Gasteiger partial charge in [-0.1, -0.05) is 91.0 Å². The fourth-order valence-electron chi connectivity index (χ4n) is 7.66. The summed E-state index contributed by atoms with van der Waals surface area (Å²) in [4.78, 5) is 40.6. The topological polar surface area (TPSA) is 117 Å². The second kappa shape index (κ2) is 16.8. The third kappa shape index (κ3) is 8.01. The minimum atomic E-state index is -0.648. The summed E-state index contributed by atoms with van der Waals surface area (Å²) >= 11 is 0. The van der Waals surface area contributed by atoms with Crippen LogP contribution in [0.4, 0.5) is 16.2 Å². The van der Waals surface area contributed by atoms with Crippen molar-refractivity contribution in [1.82, 2.24) is 5.32 Å². The number of hydrogen-bond acceptors (Lipinski definition) is 6. The molecular formula is C45H45N3O6. The normalized spacial score (nSPS) is 16.5. The van der Waals surface area contributed by atoms with Crippen LogP contribution in [0.15, 0.2) is 127 Å². The number of amides is 3. The van der Waals surface area contributed by atoms with Crippen LogP contribution >= 0.6 is 0 Å². The van der Waals surface area contributed by atoms with Gasteiger partial charge in [-0.2, -0.15) is 0 Å². The molecule has 7 rings (SSSR count). The van der Waals surface area contributed by atoms with Crippen LogP contribution in [0.25, 0.3) is 11.1 Å². The zero-order valence-electron chi connectivity index (χ0n) is 30.3. The highest BCUT2D eigenvalue weighted by Gasteiger charge is 2.48. The lowest BCUT2D eigenvalue weighted by Crippen LogP contribution is -2.55. The average molecular weight is 724 g/mol. The van der Waals surface area contributed by atoms with Gasteiger partial charge in [-0.05, 0) is 95.5 Å². The first-order chi connectivity index (χ1) is 26.4. The van der Waals surface area contributed by atoms with Crippen LogP contribution in [0.3, 0.4) is 0 Å². The highest BCUT2D eigenvalue weighted by atomic mass is 16.5. The van der Waals surface area contributed by atoms with E-state index in [1.54, 1.807) is 24.1 Å². The van der Waals surface area contributed by atoms with E-state index in [4.69, 9.17) is 9.47 Å². The molecule has 0 saturated carbocycles. The third-order valence-electron chi connectivity index (χ3n) is 10.5. The molecule has 276 valence electrons. The number of nitrogens with zero attached hydrogens (tertiary/aromatic N) is 1. The second-order valence-corrected chi connectivity index (χ2v) is 13.8. The summed E-state index contributed by atoms with van der Waals surface area (Å²) in [5.74, 6) is 0.328. The van der Waals surface area contributed by atoms with Crippen molar-refractivity contribution in [3.8, 4) is 16.9 Å². The number of benzene rings is 5. The van der Waals surface area contributed by atoms with Crippen molar-refractivity contribution in [2.45, 2.75) is 50.2 Å². The number of aliphatic hydroxyl groups is 1. The summed E-state index contributed by atoms with van der Waals surface area (Å²) in [6.45, 7) is 0.665. The molecule has 1 aliphatic heterocycles. The number of methoxy groups -OCH3 is 1. The summed E-state index contributed by atoms with van der Waals surface area (Å²) in [6.07, 6.45) is 1.42. The molecular weight excluding hydrogens is 679 g/mol. The molecule has 1 aliphatic carbocycles. The largest absolute Gasteiger partial charge is 0.497 e. The van der Waals surface area contributed by atoms with E-state index in [1.165, 1.54) is 22.3 Å². The summed E-state index contributed by atoms with van der Waals surface area (Å²) < 4.78 is 11.0. The van der Waals surface area contributed by atoms with Crippen molar-refractivity contribution in [3.63, 3.8) is 0 Å². The first-order valence-electron chi connectivity index (χ1n) is 18.6. The number of aliphatic hydroxyl groups excluding tert-OH is 1. The first-order valence-corrected chi connectivity index (χ1v) is 18.6. The predicted octanol–water partition coefficient (Wildman–Crippen LogP) is 8.56. The van der Waals surface area contributed by atoms with Gasteiger partial charge in [0.15, 0.2) is 0 Å². The van der Waals surface area contributed by atoms with Gasteiger partial charge in [0.1, 0.15) is 12.4 Å². The fraction of sp³-hybridized carbons (Fsp3) is 0.267. The van der Waals surface area contributed by atoms with Gasteiger partial charge in [0, 0.05) is 30.3 Å². The number of carbonyl (C=O) groups is 3. The molecule has 5 aromatic carbocycles. The van der Waals surface area contributed by atoms with E-state index in [1.807, 2.05) is 91.0 Å². The maximum absolute atomic E-state index is 13.6. The lowest BCUT2D eigenvalue weighted by molar-refractivity contribution is -0.131. The van der Waals surface area contributed by atoms with E-state index in [2.05, 4.69) is 34.9 Å². The molecule has 1 saturated heterocycles. The summed E-state index contributed by atoms with van der Waals surface area (Å²) in [5, 5.41) is 16.5. The predicted molar refractivity (Wildman–Crippen MR) is 209 cm³/mol. The van der Waals surface area contributed by atoms with Gasteiger partial charge in [0.2, 0.25) is 11.8 Å². The summed E-state index contributed by atoms with van der Waals surface area (Å²) in [6, 6.07) is 40.8. The number of ether oxygens (including phenoxy) is 2. The first kappa shape index (κ1) is 36.4. The number of unbranched alkanes of at least 4 members (excludes halogenated alkanes) is 1. The molecule has 0 bridgehead atoms. The number of rotatable bonds is 15. The van der Waals surface area contributed by atoms with Gasteiger partial charge in [-0.3, -0.25) is 9.59 Å². The van der Waals surface area contributed by atoms with Crippen LogP contribution in [0.2, 0.25) is 0 Å². The Labute approximate surface area is 315 Å². The summed E-state index contributed by atoms with van der Waals surface area (Å²) in [5.41, 5.74) is 7.89. The Kier molecular flexibility index (Phi) is 11.3. The van der Waals surface area contributed by atoms with Crippen LogP contribution in [-0.4, -0.2) is 43.3 Å². The molecule has 1 heterocycles. The van der Waals surface area contributed by atoms with Crippen LogP contribution in [-0.2, 0) is 14.3 Å². The number of nitrogens with one attached hydrogen (secondary N) is 2. The second-order valence-electron chi connectivity index (χ2n) is 13.8. The molecule has 3 N–H and O–H groups in total. The number of anilines is 2. The quantitative estimate of drug-likeness (QED) is 0.0736. The van der Waals surface area contributed by atoms with Crippen molar-refractivity contribution in [1.29, 1.82) is 0 Å². The Balaban J connectivity index is 0.867. The SMILES string of the molecule is COc1ccc([C@@H]2[C@@H](CC[C@H](O)c3ccccc3)C(=O)N2c2ccc(NC(=O)CCCCNC(=O)OCC3c4ccccc4-c4ccccc43)cc2)cc1. The molecule has 2 aliphatic rings. The number of β-lactam (4-membered cyclic amide) rings is 1. The van der Waals surface area contributed by atoms with Crippen molar-refractivity contribution in [2.75, 3.05) is 30.5 Å². The van der Waals surface area contributed by atoms with Crippen LogP contribution < -0.4 is 20.3 Å². The van der Waals surface area contributed by atoms with Crippen molar-refractivity contribution < 1.29 is 29.0 Å². The molecule has 54 heavy (non-hydrogen) atoms. The zero-order valence-corrected chi connectivity index (χ0v) is 30.3. The van der Waals surface area contributed by atoms with E-state index < -0.39 is 12.2 Å². The third-order valence-corrected chi connectivity index (χ3v) is 10.5. The molecule has 5 aromatic rings. The Bertz CT molecular complexity index is 2020. The molecule has 9 heteroatoms. The van der Waals surface area contributed by atoms with Crippen molar-refractivity contribution in [2.24, 2.45) is 5.92 Å². The van der Waals surface area contributed by atoms with Crippen molar-refractivity contribution in [3.05, 3.63) is 150 Å². The Morgan fingerprint density at radius 3 is 2.11 bits per heavy atom. The van der Waals surface area contributed by atoms with Gasteiger partial charge < -0.3 is 30.1 Å². The Morgan fingerprint density at radius 2 is 1.44 bits per heavy atom. The molecule has 0 spiro atoms. The van der Waals surface area contributed by atoms with Crippen LogP contribution in [0.5, 0.6) is 5.75 Å². The standard InChI is InChI=1S/C45H45N3O6/c1-53-34-24-18-31(19-25-34)43-39(26-27-41(49)30-11-3-2-4-12-30)44(51)48(43)33-22-20-32(21-23-33)47-42(50)17-9-10-28-46-45(52)54-29-40-37-15-7-5-13-35(37)36-14-6-8-16-38(36)40/h2-8,11-16,18-25,39-41,43,49H,9-10,17,26-29H2,1H3,(H,46,52)(H,47,50)/t39-,41+,43-/m1/s1. The highest BCUT2D eigenvalue weighted by Crippen LogP contribution is 2.47. The summed E-state index contributed by atoms with van der Waals surface area (Å²) in [7, 11) is 1.62. The molecule has 3 atom stereocenters. The maximum Gasteiger partial charge on any atom is 0.407 e. The van der Waals surface area contributed by atoms with Crippen LogP contribution in [0, 0.1) is 5.92 Å².